The molecule has 0 heterocycles. The summed E-state index contributed by atoms with van der Waals surface area (Å²) in [5.74, 6) is -0.0363. The number of nitrogens with one attached hydrogen (secondary N) is 1. The van der Waals surface area contributed by atoms with Gasteiger partial charge in [-0.15, -0.1) is 0 Å². The molecule has 0 saturated heterocycles. The molecule has 110 valence electrons. The summed E-state index contributed by atoms with van der Waals surface area (Å²) < 4.78 is 18.8. The second-order valence-corrected chi connectivity index (χ2v) is 4.83. The highest BCUT2D eigenvalue weighted by Gasteiger charge is 2.18. The van der Waals surface area contributed by atoms with Crippen LogP contribution in [-0.4, -0.2) is 12.0 Å². The topological polar surface area (TPSA) is 38.3 Å². The normalized spacial score (nSPS) is 11.8. The van der Waals surface area contributed by atoms with Gasteiger partial charge in [0.15, 0.2) is 6.10 Å². The number of anilines is 1. The zero-order valence-electron chi connectivity index (χ0n) is 12.1. The molecule has 1 N–H and O–H groups in total. The summed E-state index contributed by atoms with van der Waals surface area (Å²) in [6.45, 7) is 3.85. The molecule has 0 aliphatic carbocycles. The van der Waals surface area contributed by atoms with E-state index in [-0.39, 0.29) is 11.7 Å². The zero-order chi connectivity index (χ0) is 15.2. The predicted octanol–water partition coefficient (Wildman–Crippen LogP) is 3.93. The molecule has 0 radical (unpaired) electrons. The average Bonchev–Trinajstić information content (AvgIpc) is 2.46. The van der Waals surface area contributed by atoms with Gasteiger partial charge < -0.3 is 10.1 Å². The van der Waals surface area contributed by atoms with E-state index in [1.165, 1.54) is 12.1 Å². The summed E-state index contributed by atoms with van der Waals surface area (Å²) in [7, 11) is 0. The Bertz CT molecular complexity index is 610. The monoisotopic (exact) mass is 287 g/mol. The van der Waals surface area contributed by atoms with Crippen molar-refractivity contribution < 1.29 is 13.9 Å². The van der Waals surface area contributed by atoms with Crippen LogP contribution < -0.4 is 10.1 Å². The Hall–Kier alpha value is -2.36. The van der Waals surface area contributed by atoms with Crippen LogP contribution in [0.5, 0.6) is 5.75 Å². The number of ether oxygens (including phenoxy) is 1. The van der Waals surface area contributed by atoms with Crippen LogP contribution in [0.25, 0.3) is 0 Å². The van der Waals surface area contributed by atoms with Crippen LogP contribution in [0.4, 0.5) is 10.1 Å². The Morgan fingerprint density at radius 1 is 1.24 bits per heavy atom. The molecule has 0 fully saturated rings. The van der Waals surface area contributed by atoms with Crippen LogP contribution in [-0.2, 0) is 4.79 Å². The lowest BCUT2D eigenvalue weighted by atomic mass is 10.2. The van der Waals surface area contributed by atoms with Crippen molar-refractivity contribution in [1.82, 2.24) is 0 Å². The fourth-order valence-corrected chi connectivity index (χ4v) is 1.89. The smallest absolute Gasteiger partial charge is 0.265 e. The van der Waals surface area contributed by atoms with Gasteiger partial charge in [0.2, 0.25) is 0 Å². The molecule has 0 aromatic heterocycles. The van der Waals surface area contributed by atoms with Crippen LogP contribution >= 0.6 is 0 Å². The molecular weight excluding hydrogens is 269 g/mol. The first-order valence-electron chi connectivity index (χ1n) is 6.88. The van der Waals surface area contributed by atoms with Crippen LogP contribution in [0.15, 0.2) is 48.5 Å². The molecule has 1 amide bonds. The number of rotatable bonds is 5. The molecule has 0 unspecified atom stereocenters. The molecule has 3 nitrogen and oxygen atoms in total. The molecule has 2 aromatic rings. The Morgan fingerprint density at radius 2 is 1.95 bits per heavy atom. The molecule has 2 aromatic carbocycles. The fourth-order valence-electron chi connectivity index (χ4n) is 1.89. The predicted molar refractivity (Wildman–Crippen MR) is 80.9 cm³/mol. The van der Waals surface area contributed by atoms with Gasteiger partial charge in [-0.2, -0.15) is 0 Å². The third kappa shape index (κ3) is 4.31. The maximum atomic E-state index is 13.1. The van der Waals surface area contributed by atoms with Gasteiger partial charge in [0, 0.05) is 5.69 Å². The van der Waals surface area contributed by atoms with Crippen LogP contribution in [0.3, 0.4) is 0 Å². The molecule has 0 spiro atoms. The zero-order valence-corrected chi connectivity index (χ0v) is 12.1. The number of benzene rings is 2. The van der Waals surface area contributed by atoms with Gasteiger partial charge in [-0.05, 0) is 43.7 Å². The van der Waals surface area contributed by atoms with Crippen LogP contribution in [0.2, 0.25) is 0 Å². The van der Waals surface area contributed by atoms with E-state index in [4.69, 9.17) is 4.74 Å². The first kappa shape index (κ1) is 15.0. The third-order valence-corrected chi connectivity index (χ3v) is 3.05. The van der Waals surface area contributed by atoms with Crippen molar-refractivity contribution >= 4 is 11.6 Å². The molecule has 4 heteroatoms. The van der Waals surface area contributed by atoms with Crippen LogP contribution in [0, 0.1) is 12.7 Å². The lowest BCUT2D eigenvalue weighted by molar-refractivity contribution is -0.122. The van der Waals surface area contributed by atoms with E-state index >= 15 is 0 Å². The fraction of sp³-hybridized carbons (Fsp3) is 0.235. The van der Waals surface area contributed by atoms with E-state index in [9.17, 15) is 9.18 Å². The number of halogens is 1. The highest BCUT2D eigenvalue weighted by atomic mass is 19.1. The summed E-state index contributed by atoms with van der Waals surface area (Å²) in [5, 5.41) is 2.66. The van der Waals surface area contributed by atoms with Crippen molar-refractivity contribution in [2.45, 2.75) is 26.4 Å². The summed E-state index contributed by atoms with van der Waals surface area (Å²) in [4.78, 5) is 12.2. The summed E-state index contributed by atoms with van der Waals surface area (Å²) in [6.07, 6.45) is -0.0920. The van der Waals surface area contributed by atoms with E-state index in [1.54, 1.807) is 12.1 Å². The summed E-state index contributed by atoms with van der Waals surface area (Å²) in [5.41, 5.74) is 1.55. The van der Waals surface area contributed by atoms with E-state index in [0.29, 0.717) is 17.9 Å². The summed E-state index contributed by atoms with van der Waals surface area (Å²) in [6, 6.07) is 13.3. The van der Waals surface area contributed by atoms with Crippen molar-refractivity contribution in [2.24, 2.45) is 0 Å². The highest BCUT2D eigenvalue weighted by Crippen LogP contribution is 2.16. The van der Waals surface area contributed by atoms with Gasteiger partial charge in [-0.25, -0.2) is 4.39 Å². The average molecular weight is 287 g/mol. The molecule has 21 heavy (non-hydrogen) atoms. The standard InChI is InChI=1S/C17H18FNO2/c1-3-16(21-15-9-7-12(2)8-10-15)17(20)19-14-6-4-5-13(18)11-14/h4-11,16H,3H2,1-2H3,(H,19,20)/t16-/m1/s1. The quantitative estimate of drug-likeness (QED) is 0.905. The second-order valence-electron chi connectivity index (χ2n) is 4.83. The molecular formula is C17H18FNO2. The van der Waals surface area contributed by atoms with Gasteiger partial charge in [0.05, 0.1) is 0 Å². The Labute approximate surface area is 123 Å². The van der Waals surface area contributed by atoms with Crippen LogP contribution in [0.1, 0.15) is 18.9 Å². The van der Waals surface area contributed by atoms with Crippen molar-refractivity contribution in [3.63, 3.8) is 0 Å². The van der Waals surface area contributed by atoms with E-state index < -0.39 is 6.10 Å². The van der Waals surface area contributed by atoms with E-state index in [1.807, 2.05) is 38.1 Å². The molecule has 0 aliphatic heterocycles. The molecule has 0 bridgehead atoms. The minimum absolute atomic E-state index is 0.288. The number of carbonyl (C=O) groups is 1. The largest absolute Gasteiger partial charge is 0.481 e. The van der Waals surface area contributed by atoms with E-state index in [2.05, 4.69) is 5.32 Å². The minimum Gasteiger partial charge on any atom is -0.481 e. The molecule has 2 rings (SSSR count). The molecule has 1 atom stereocenters. The van der Waals surface area contributed by atoms with Gasteiger partial charge in [-0.3, -0.25) is 4.79 Å². The SMILES string of the molecule is CC[C@@H](Oc1ccc(C)cc1)C(=O)Nc1cccc(F)c1. The number of aryl methyl sites for hydroxylation is 1. The van der Waals surface area contributed by atoms with Gasteiger partial charge in [0.1, 0.15) is 11.6 Å². The number of carbonyl (C=O) groups excluding carboxylic acids is 1. The van der Waals surface area contributed by atoms with Gasteiger partial charge in [0.25, 0.3) is 5.91 Å². The van der Waals surface area contributed by atoms with Gasteiger partial charge in [-0.1, -0.05) is 30.7 Å². The maximum absolute atomic E-state index is 13.1. The second kappa shape index (κ2) is 6.88. The lowest BCUT2D eigenvalue weighted by Crippen LogP contribution is -2.32. The van der Waals surface area contributed by atoms with Gasteiger partial charge >= 0.3 is 0 Å². The lowest BCUT2D eigenvalue weighted by Gasteiger charge is -2.17. The Morgan fingerprint density at radius 3 is 2.57 bits per heavy atom. The number of hydrogen-bond donors (Lipinski definition) is 1. The maximum Gasteiger partial charge on any atom is 0.265 e. The number of amides is 1. The van der Waals surface area contributed by atoms with E-state index in [0.717, 1.165) is 5.56 Å². The first-order chi connectivity index (χ1) is 10.1. The van der Waals surface area contributed by atoms with Crippen molar-refractivity contribution in [3.8, 4) is 5.75 Å². The summed E-state index contributed by atoms with van der Waals surface area (Å²) >= 11 is 0. The highest BCUT2D eigenvalue weighted by molar-refractivity contribution is 5.94. The first-order valence-corrected chi connectivity index (χ1v) is 6.88. The van der Waals surface area contributed by atoms with Crippen molar-refractivity contribution in [1.29, 1.82) is 0 Å². The van der Waals surface area contributed by atoms with Crippen molar-refractivity contribution in [2.75, 3.05) is 5.32 Å². The van der Waals surface area contributed by atoms with Crippen molar-refractivity contribution in [3.05, 3.63) is 59.9 Å². The third-order valence-electron chi connectivity index (χ3n) is 3.05. The number of hydrogen-bond acceptors (Lipinski definition) is 2. The minimum atomic E-state index is -0.615. The molecule has 0 saturated carbocycles. The molecule has 0 aliphatic rings. The Kier molecular flexibility index (Phi) is 4.93. The Balaban J connectivity index is 2.03.